The minimum Gasteiger partial charge on any atom is -0.338 e. The fourth-order valence-corrected chi connectivity index (χ4v) is 4.38. The SMILES string of the molecule is C=CC1CCCN1CC1CCCCN1C(=O)Cc1ccc(Cl)c(Cl)c1. The van der Waals surface area contributed by atoms with Crippen molar-refractivity contribution in [3.8, 4) is 0 Å². The first-order valence-corrected chi connectivity index (χ1v) is 9.94. The summed E-state index contributed by atoms with van der Waals surface area (Å²) < 4.78 is 0. The summed E-state index contributed by atoms with van der Waals surface area (Å²) in [7, 11) is 0. The van der Waals surface area contributed by atoms with Crippen LogP contribution in [-0.4, -0.2) is 47.4 Å². The van der Waals surface area contributed by atoms with Gasteiger partial charge in [0.1, 0.15) is 0 Å². The summed E-state index contributed by atoms with van der Waals surface area (Å²) >= 11 is 12.1. The Bertz CT molecular complexity index is 634. The van der Waals surface area contributed by atoms with Crippen molar-refractivity contribution in [3.63, 3.8) is 0 Å². The molecule has 1 aromatic carbocycles. The van der Waals surface area contributed by atoms with Crippen molar-refractivity contribution in [2.45, 2.75) is 50.6 Å². The maximum absolute atomic E-state index is 12.9. The van der Waals surface area contributed by atoms with Gasteiger partial charge in [-0.15, -0.1) is 6.58 Å². The Morgan fingerprint density at radius 2 is 2.00 bits per heavy atom. The molecule has 2 unspecified atom stereocenters. The smallest absolute Gasteiger partial charge is 0.227 e. The van der Waals surface area contributed by atoms with Crippen molar-refractivity contribution in [1.82, 2.24) is 9.80 Å². The van der Waals surface area contributed by atoms with Crippen LogP contribution in [0.15, 0.2) is 30.9 Å². The number of hydrogen-bond acceptors (Lipinski definition) is 2. The molecule has 25 heavy (non-hydrogen) atoms. The third-order valence-corrected chi connectivity index (χ3v) is 6.16. The van der Waals surface area contributed by atoms with Gasteiger partial charge >= 0.3 is 0 Å². The van der Waals surface area contributed by atoms with Gasteiger partial charge in [0, 0.05) is 25.2 Å². The van der Waals surface area contributed by atoms with E-state index in [4.69, 9.17) is 23.2 Å². The largest absolute Gasteiger partial charge is 0.338 e. The Morgan fingerprint density at radius 3 is 2.76 bits per heavy atom. The van der Waals surface area contributed by atoms with Gasteiger partial charge in [-0.25, -0.2) is 0 Å². The molecule has 5 heteroatoms. The van der Waals surface area contributed by atoms with Gasteiger partial charge in [-0.3, -0.25) is 9.69 Å². The van der Waals surface area contributed by atoms with Gasteiger partial charge in [0.15, 0.2) is 0 Å². The second kappa shape index (κ2) is 8.57. The van der Waals surface area contributed by atoms with Crippen molar-refractivity contribution in [2.24, 2.45) is 0 Å². The topological polar surface area (TPSA) is 23.6 Å². The number of nitrogens with zero attached hydrogens (tertiary/aromatic N) is 2. The van der Waals surface area contributed by atoms with E-state index in [1.165, 1.54) is 19.3 Å². The van der Waals surface area contributed by atoms with Crippen molar-refractivity contribution >= 4 is 29.1 Å². The molecule has 2 heterocycles. The molecule has 2 fully saturated rings. The first kappa shape index (κ1) is 18.8. The molecular formula is C20H26Cl2N2O. The third-order valence-electron chi connectivity index (χ3n) is 5.42. The van der Waals surface area contributed by atoms with Crippen LogP contribution < -0.4 is 0 Å². The van der Waals surface area contributed by atoms with Gasteiger partial charge in [-0.1, -0.05) is 35.3 Å². The number of carbonyl (C=O) groups excluding carboxylic acids is 1. The van der Waals surface area contributed by atoms with E-state index in [9.17, 15) is 4.79 Å². The number of amides is 1. The number of hydrogen-bond donors (Lipinski definition) is 0. The Balaban J connectivity index is 1.66. The van der Waals surface area contributed by atoms with Gasteiger partial charge in [0.25, 0.3) is 0 Å². The highest BCUT2D eigenvalue weighted by molar-refractivity contribution is 6.42. The van der Waals surface area contributed by atoms with E-state index in [2.05, 4.69) is 22.5 Å². The highest BCUT2D eigenvalue weighted by atomic mass is 35.5. The number of benzene rings is 1. The second-order valence-electron chi connectivity index (χ2n) is 7.10. The summed E-state index contributed by atoms with van der Waals surface area (Å²) in [4.78, 5) is 17.5. The van der Waals surface area contributed by atoms with Crippen LogP contribution in [-0.2, 0) is 11.2 Å². The lowest BCUT2D eigenvalue weighted by atomic mass is 10.00. The highest BCUT2D eigenvalue weighted by Crippen LogP contribution is 2.26. The van der Waals surface area contributed by atoms with Crippen LogP contribution in [0, 0.1) is 0 Å². The molecule has 1 aromatic rings. The zero-order valence-corrected chi connectivity index (χ0v) is 16.1. The lowest BCUT2D eigenvalue weighted by Gasteiger charge is -2.39. The van der Waals surface area contributed by atoms with Crippen molar-refractivity contribution < 1.29 is 4.79 Å². The molecule has 0 aromatic heterocycles. The Kier molecular flexibility index (Phi) is 6.43. The fourth-order valence-electron chi connectivity index (χ4n) is 4.06. The Morgan fingerprint density at radius 1 is 1.16 bits per heavy atom. The predicted octanol–water partition coefficient (Wildman–Crippen LogP) is 4.57. The summed E-state index contributed by atoms with van der Waals surface area (Å²) in [6, 6.07) is 6.23. The van der Waals surface area contributed by atoms with E-state index >= 15 is 0 Å². The van der Waals surface area contributed by atoms with Crippen LogP contribution in [0.5, 0.6) is 0 Å². The molecule has 3 nitrogen and oxygen atoms in total. The summed E-state index contributed by atoms with van der Waals surface area (Å²) in [6.07, 6.45) is 8.24. The molecule has 0 N–H and O–H groups in total. The standard InChI is InChI=1S/C20H26Cl2N2O/c1-2-16-7-5-10-23(16)14-17-6-3-4-11-24(17)20(25)13-15-8-9-18(21)19(22)12-15/h2,8-9,12,16-17H,1,3-7,10-11,13-14H2. The van der Waals surface area contributed by atoms with E-state index in [0.29, 0.717) is 28.5 Å². The van der Waals surface area contributed by atoms with Gasteiger partial charge in [0.05, 0.1) is 16.5 Å². The Labute approximate surface area is 160 Å². The molecular weight excluding hydrogens is 355 g/mol. The summed E-state index contributed by atoms with van der Waals surface area (Å²) in [5.74, 6) is 0.192. The molecule has 2 saturated heterocycles. The lowest BCUT2D eigenvalue weighted by molar-refractivity contribution is -0.134. The minimum atomic E-state index is 0.192. The molecule has 2 aliphatic heterocycles. The molecule has 136 valence electrons. The molecule has 0 aliphatic carbocycles. The number of halogens is 2. The molecule has 2 atom stereocenters. The summed E-state index contributed by atoms with van der Waals surface area (Å²) in [5.41, 5.74) is 0.925. The van der Waals surface area contributed by atoms with E-state index < -0.39 is 0 Å². The normalized spacial score (nSPS) is 24.5. The molecule has 0 bridgehead atoms. The van der Waals surface area contributed by atoms with E-state index in [0.717, 1.165) is 38.0 Å². The Hall–Kier alpha value is -1.03. The van der Waals surface area contributed by atoms with Crippen LogP contribution in [0.3, 0.4) is 0 Å². The van der Waals surface area contributed by atoms with Crippen LogP contribution in [0.4, 0.5) is 0 Å². The van der Waals surface area contributed by atoms with E-state index in [-0.39, 0.29) is 5.91 Å². The number of carbonyl (C=O) groups is 1. The van der Waals surface area contributed by atoms with Crippen molar-refractivity contribution in [2.75, 3.05) is 19.6 Å². The first-order chi connectivity index (χ1) is 12.1. The molecule has 0 saturated carbocycles. The maximum Gasteiger partial charge on any atom is 0.227 e. The second-order valence-corrected chi connectivity index (χ2v) is 7.92. The highest BCUT2D eigenvalue weighted by Gasteiger charge is 2.31. The van der Waals surface area contributed by atoms with E-state index in [1.807, 2.05) is 6.07 Å². The lowest BCUT2D eigenvalue weighted by Crippen LogP contribution is -2.50. The summed E-state index contributed by atoms with van der Waals surface area (Å²) in [6.45, 7) is 6.90. The van der Waals surface area contributed by atoms with Gasteiger partial charge in [-0.2, -0.15) is 0 Å². The minimum absolute atomic E-state index is 0.192. The number of likely N-dealkylation sites (tertiary alicyclic amines) is 2. The quantitative estimate of drug-likeness (QED) is 0.698. The van der Waals surface area contributed by atoms with Crippen LogP contribution >= 0.6 is 23.2 Å². The van der Waals surface area contributed by atoms with Crippen LogP contribution in [0.2, 0.25) is 10.0 Å². The van der Waals surface area contributed by atoms with Crippen molar-refractivity contribution in [1.29, 1.82) is 0 Å². The molecule has 2 aliphatic rings. The molecule has 0 spiro atoms. The zero-order chi connectivity index (χ0) is 17.8. The van der Waals surface area contributed by atoms with Crippen molar-refractivity contribution in [3.05, 3.63) is 46.5 Å². The van der Waals surface area contributed by atoms with Gasteiger partial charge in [-0.05, 0) is 56.3 Å². The number of piperidine rings is 1. The zero-order valence-electron chi connectivity index (χ0n) is 14.6. The molecule has 1 amide bonds. The summed E-state index contributed by atoms with van der Waals surface area (Å²) in [5, 5.41) is 1.03. The predicted molar refractivity (Wildman–Crippen MR) is 104 cm³/mol. The molecule has 0 radical (unpaired) electrons. The average molecular weight is 381 g/mol. The third kappa shape index (κ3) is 4.58. The van der Waals surface area contributed by atoms with Crippen LogP contribution in [0.1, 0.15) is 37.7 Å². The average Bonchev–Trinajstić information content (AvgIpc) is 3.06. The maximum atomic E-state index is 12.9. The first-order valence-electron chi connectivity index (χ1n) is 9.18. The van der Waals surface area contributed by atoms with Crippen LogP contribution in [0.25, 0.3) is 0 Å². The fraction of sp³-hybridized carbons (Fsp3) is 0.550. The number of rotatable bonds is 5. The van der Waals surface area contributed by atoms with E-state index in [1.54, 1.807) is 12.1 Å². The molecule has 3 rings (SSSR count). The monoisotopic (exact) mass is 380 g/mol. The van der Waals surface area contributed by atoms with Gasteiger partial charge < -0.3 is 4.90 Å². The van der Waals surface area contributed by atoms with Gasteiger partial charge in [0.2, 0.25) is 5.91 Å².